The van der Waals surface area contributed by atoms with Gasteiger partial charge in [0, 0.05) is 28.9 Å². The van der Waals surface area contributed by atoms with Gasteiger partial charge in [0.2, 0.25) is 0 Å². The molecule has 0 saturated carbocycles. The van der Waals surface area contributed by atoms with Gasteiger partial charge in [0.05, 0.1) is 12.0 Å². The van der Waals surface area contributed by atoms with E-state index in [-0.39, 0.29) is 10.7 Å². The van der Waals surface area contributed by atoms with E-state index in [2.05, 4.69) is 10.1 Å². The number of nitrogens with zero attached hydrogens (tertiary/aromatic N) is 3. The highest BCUT2D eigenvalue weighted by Crippen LogP contribution is 2.42. The number of ether oxygens (including phenoxy) is 1. The van der Waals surface area contributed by atoms with Crippen LogP contribution >= 0.6 is 11.6 Å². The third-order valence-electron chi connectivity index (χ3n) is 5.88. The Balaban J connectivity index is 1.71. The Bertz CT molecular complexity index is 1670. The molecule has 2 heterocycles. The number of methoxy groups -OCH3 is 1. The highest BCUT2D eigenvalue weighted by molar-refractivity contribution is 7.93. The number of aryl methyl sites for hydroxylation is 2. The molecule has 0 aliphatic carbocycles. The zero-order chi connectivity index (χ0) is 25.4. The van der Waals surface area contributed by atoms with Crippen LogP contribution < -0.4 is 9.04 Å². The molecular weight excluding hydrogens is 498 g/mol. The minimum absolute atomic E-state index is 0.0958. The van der Waals surface area contributed by atoms with Gasteiger partial charge in [0.25, 0.3) is 10.0 Å². The van der Waals surface area contributed by atoms with E-state index >= 15 is 0 Å². The molecule has 0 fully saturated rings. The van der Waals surface area contributed by atoms with Crippen molar-refractivity contribution in [2.45, 2.75) is 18.7 Å². The van der Waals surface area contributed by atoms with E-state index in [0.29, 0.717) is 16.5 Å². The highest BCUT2D eigenvalue weighted by atomic mass is 35.5. The van der Waals surface area contributed by atoms with Crippen molar-refractivity contribution in [2.24, 2.45) is 0 Å². The summed E-state index contributed by atoms with van der Waals surface area (Å²) in [5, 5.41) is 6.14. The summed E-state index contributed by atoms with van der Waals surface area (Å²) in [6, 6.07) is 17.5. The fraction of sp³-hybridized carbons (Fsp3) is 0.111. The van der Waals surface area contributed by atoms with Crippen molar-refractivity contribution in [3.8, 4) is 16.9 Å². The molecule has 5 aromatic rings. The summed E-state index contributed by atoms with van der Waals surface area (Å²) < 4.78 is 40.0. The molecule has 0 saturated heterocycles. The summed E-state index contributed by atoms with van der Waals surface area (Å²) in [4.78, 5) is 4.19. The maximum Gasteiger partial charge on any atom is 0.270 e. The Morgan fingerprint density at radius 1 is 0.972 bits per heavy atom. The lowest BCUT2D eigenvalue weighted by atomic mass is 9.98. The van der Waals surface area contributed by atoms with Crippen LogP contribution in [0.15, 0.2) is 88.7 Å². The normalized spacial score (nSPS) is 11.6. The fourth-order valence-electron chi connectivity index (χ4n) is 4.21. The molecule has 0 unspecified atom stereocenters. The van der Waals surface area contributed by atoms with E-state index in [1.807, 2.05) is 38.1 Å². The summed E-state index contributed by atoms with van der Waals surface area (Å²) in [5.74, 6) is 0.457. The lowest BCUT2D eigenvalue weighted by Crippen LogP contribution is -2.27. The predicted molar refractivity (Wildman–Crippen MR) is 140 cm³/mol. The number of fused-ring (bicyclic) bond motifs is 1. The largest absolute Gasteiger partial charge is 0.495 e. The van der Waals surface area contributed by atoms with Gasteiger partial charge in [-0.25, -0.2) is 12.7 Å². The average molecular weight is 520 g/mol. The van der Waals surface area contributed by atoms with Crippen LogP contribution in [0.4, 0.5) is 11.5 Å². The van der Waals surface area contributed by atoms with Crippen molar-refractivity contribution >= 4 is 43.9 Å². The van der Waals surface area contributed by atoms with Gasteiger partial charge >= 0.3 is 0 Å². The van der Waals surface area contributed by atoms with Gasteiger partial charge in [0.1, 0.15) is 17.7 Å². The Labute approximate surface area is 214 Å². The standard InChI is InChI=1S/C27H22ClN3O4S/c1-17-10-21(13-22(28)11-17)24-15-26(34-3)25(12-18(24)2)31(27-7-9-35-30-27)36(32,33)23-5-4-20-16-29-8-6-19(20)14-23/h4-16H,1-3H3. The van der Waals surface area contributed by atoms with E-state index in [1.165, 1.54) is 19.4 Å². The molecule has 7 nitrogen and oxygen atoms in total. The first-order chi connectivity index (χ1) is 17.3. The minimum Gasteiger partial charge on any atom is -0.495 e. The Morgan fingerprint density at radius 2 is 1.81 bits per heavy atom. The Morgan fingerprint density at radius 3 is 2.53 bits per heavy atom. The molecule has 9 heteroatoms. The molecule has 3 aromatic carbocycles. The van der Waals surface area contributed by atoms with Crippen LogP contribution in [0, 0.1) is 13.8 Å². The average Bonchev–Trinajstić information content (AvgIpc) is 3.37. The first kappa shape index (κ1) is 23.8. The quantitative estimate of drug-likeness (QED) is 0.248. The van der Waals surface area contributed by atoms with E-state index in [0.717, 1.165) is 37.3 Å². The number of hydrogen-bond donors (Lipinski definition) is 0. The van der Waals surface area contributed by atoms with Gasteiger partial charge in [-0.05, 0) is 84.0 Å². The van der Waals surface area contributed by atoms with Crippen LogP contribution in [0.2, 0.25) is 5.02 Å². The molecule has 5 rings (SSSR count). The second kappa shape index (κ2) is 9.29. The number of halogens is 1. The molecule has 36 heavy (non-hydrogen) atoms. The summed E-state index contributed by atoms with van der Waals surface area (Å²) in [5.41, 5.74) is 3.93. The third kappa shape index (κ3) is 4.29. The van der Waals surface area contributed by atoms with E-state index in [1.54, 1.807) is 42.7 Å². The van der Waals surface area contributed by atoms with Crippen LogP contribution in [0.3, 0.4) is 0 Å². The maximum atomic E-state index is 14.1. The summed E-state index contributed by atoms with van der Waals surface area (Å²) in [7, 11) is -2.62. The first-order valence-corrected chi connectivity index (χ1v) is 12.9. The highest BCUT2D eigenvalue weighted by Gasteiger charge is 2.32. The third-order valence-corrected chi connectivity index (χ3v) is 7.81. The van der Waals surface area contributed by atoms with Gasteiger partial charge in [0.15, 0.2) is 5.82 Å². The molecule has 0 aliphatic rings. The van der Waals surface area contributed by atoms with Gasteiger partial charge < -0.3 is 9.26 Å². The summed E-state index contributed by atoms with van der Waals surface area (Å²) in [6.07, 6.45) is 4.63. The molecule has 0 N–H and O–H groups in total. The summed E-state index contributed by atoms with van der Waals surface area (Å²) >= 11 is 6.30. The Kier molecular flexibility index (Phi) is 6.15. The minimum atomic E-state index is -4.12. The van der Waals surface area contributed by atoms with Crippen LogP contribution in [0.1, 0.15) is 11.1 Å². The number of pyridine rings is 1. The number of anilines is 2. The summed E-state index contributed by atoms with van der Waals surface area (Å²) in [6.45, 7) is 3.87. The van der Waals surface area contributed by atoms with Gasteiger partial charge in [-0.2, -0.15) is 0 Å². The fourth-order valence-corrected chi connectivity index (χ4v) is 5.97. The van der Waals surface area contributed by atoms with Crippen molar-refractivity contribution in [3.05, 3.63) is 95.5 Å². The van der Waals surface area contributed by atoms with Crippen molar-refractivity contribution in [2.75, 3.05) is 11.4 Å². The molecule has 0 atom stereocenters. The van der Waals surface area contributed by atoms with Gasteiger partial charge in [-0.15, -0.1) is 0 Å². The van der Waals surface area contributed by atoms with Gasteiger partial charge in [-0.1, -0.05) is 28.9 Å². The SMILES string of the molecule is COc1cc(-c2cc(C)cc(Cl)c2)c(C)cc1N(c1ccon1)S(=O)(=O)c1ccc2cnccc2c1. The van der Waals surface area contributed by atoms with E-state index in [4.69, 9.17) is 20.9 Å². The lowest BCUT2D eigenvalue weighted by Gasteiger charge is -2.25. The smallest absolute Gasteiger partial charge is 0.270 e. The van der Waals surface area contributed by atoms with Crippen LogP contribution in [-0.4, -0.2) is 25.7 Å². The zero-order valence-electron chi connectivity index (χ0n) is 19.8. The van der Waals surface area contributed by atoms with Crippen molar-refractivity contribution in [3.63, 3.8) is 0 Å². The second-order valence-corrected chi connectivity index (χ2v) is 10.6. The molecule has 0 bridgehead atoms. The number of rotatable bonds is 6. The number of benzene rings is 3. The second-order valence-electron chi connectivity index (χ2n) is 8.37. The maximum absolute atomic E-state index is 14.1. The van der Waals surface area contributed by atoms with Crippen LogP contribution in [0.5, 0.6) is 5.75 Å². The lowest BCUT2D eigenvalue weighted by molar-refractivity contribution is 0.414. The van der Waals surface area contributed by atoms with Crippen LogP contribution in [0.25, 0.3) is 21.9 Å². The molecule has 182 valence electrons. The Hall–Kier alpha value is -3.88. The topological polar surface area (TPSA) is 85.5 Å². The molecule has 0 radical (unpaired) electrons. The molecule has 0 aliphatic heterocycles. The van der Waals surface area contributed by atoms with E-state index in [9.17, 15) is 8.42 Å². The van der Waals surface area contributed by atoms with Crippen molar-refractivity contribution in [1.29, 1.82) is 0 Å². The van der Waals surface area contributed by atoms with Crippen LogP contribution in [-0.2, 0) is 10.0 Å². The number of aromatic nitrogens is 2. The van der Waals surface area contributed by atoms with Gasteiger partial charge in [-0.3, -0.25) is 4.98 Å². The molecular formula is C27H22ClN3O4S. The van der Waals surface area contributed by atoms with Crippen molar-refractivity contribution in [1.82, 2.24) is 10.1 Å². The number of hydrogen-bond acceptors (Lipinski definition) is 6. The molecule has 2 aromatic heterocycles. The first-order valence-electron chi connectivity index (χ1n) is 11.0. The zero-order valence-corrected chi connectivity index (χ0v) is 21.3. The van der Waals surface area contributed by atoms with Crippen molar-refractivity contribution < 1.29 is 17.7 Å². The molecule has 0 amide bonds. The monoisotopic (exact) mass is 519 g/mol. The predicted octanol–water partition coefficient (Wildman–Crippen LogP) is 6.70. The molecule has 0 spiro atoms. The number of sulfonamides is 1. The van der Waals surface area contributed by atoms with E-state index < -0.39 is 10.0 Å².